The van der Waals surface area contributed by atoms with E-state index in [1.807, 2.05) is 35.0 Å². The van der Waals surface area contributed by atoms with Crippen LogP contribution in [-0.2, 0) is 11.3 Å². The van der Waals surface area contributed by atoms with E-state index in [9.17, 15) is 4.79 Å². The molecule has 23 heavy (non-hydrogen) atoms. The number of nitrogens with one attached hydrogen (secondary N) is 1. The summed E-state index contributed by atoms with van der Waals surface area (Å²) in [7, 11) is 0. The van der Waals surface area contributed by atoms with E-state index in [-0.39, 0.29) is 12.5 Å². The topological polar surface area (TPSA) is 81.9 Å². The summed E-state index contributed by atoms with van der Waals surface area (Å²) in [6.07, 6.45) is 5.90. The molecular weight excluding hydrogens is 294 g/mol. The Balaban J connectivity index is 1.48. The van der Waals surface area contributed by atoms with Crippen molar-refractivity contribution < 1.29 is 9.53 Å². The number of carbonyl (C=O) groups is 1. The molecule has 1 fully saturated rings. The molecule has 1 N–H and O–H groups in total. The minimum Gasteiger partial charge on any atom is -0.484 e. The minimum atomic E-state index is -0.188. The summed E-state index contributed by atoms with van der Waals surface area (Å²) < 4.78 is 7.27. The van der Waals surface area contributed by atoms with Gasteiger partial charge in [-0.25, -0.2) is 4.68 Å². The summed E-state index contributed by atoms with van der Waals surface area (Å²) in [4.78, 5) is 11.9. The normalized spacial score (nSPS) is 15.3. The van der Waals surface area contributed by atoms with Crippen LogP contribution in [0.25, 0.3) is 0 Å². The SMILES string of the molecule is O=C(COc1ccccc1)NCc1nnnn1C1CCCCC1. The number of ether oxygens (including phenoxy) is 1. The van der Waals surface area contributed by atoms with Gasteiger partial charge < -0.3 is 10.1 Å². The Morgan fingerprint density at radius 1 is 1.22 bits per heavy atom. The predicted octanol–water partition coefficient (Wildman–Crippen LogP) is 1.87. The van der Waals surface area contributed by atoms with E-state index in [0.717, 1.165) is 12.8 Å². The number of carbonyl (C=O) groups excluding carboxylic acids is 1. The summed E-state index contributed by atoms with van der Waals surface area (Å²) in [6.45, 7) is 0.301. The minimum absolute atomic E-state index is 0.0188. The first kappa shape index (κ1) is 15.5. The number of hydrogen-bond donors (Lipinski definition) is 1. The fourth-order valence-corrected chi connectivity index (χ4v) is 2.83. The molecule has 1 amide bonds. The Labute approximate surface area is 135 Å². The van der Waals surface area contributed by atoms with Gasteiger partial charge >= 0.3 is 0 Å². The largest absolute Gasteiger partial charge is 0.484 e. The molecule has 1 aliphatic carbocycles. The third kappa shape index (κ3) is 4.28. The highest BCUT2D eigenvalue weighted by Gasteiger charge is 2.20. The lowest BCUT2D eigenvalue weighted by Gasteiger charge is -2.22. The Morgan fingerprint density at radius 2 is 2.00 bits per heavy atom. The molecule has 0 atom stereocenters. The van der Waals surface area contributed by atoms with Crippen LogP contribution >= 0.6 is 0 Å². The lowest BCUT2D eigenvalue weighted by atomic mass is 9.96. The molecule has 2 aromatic rings. The third-order valence-corrected chi connectivity index (χ3v) is 4.04. The zero-order valence-corrected chi connectivity index (χ0v) is 13.0. The van der Waals surface area contributed by atoms with Gasteiger partial charge in [0.05, 0.1) is 12.6 Å². The molecule has 0 saturated heterocycles. The molecule has 0 unspecified atom stereocenters. The van der Waals surface area contributed by atoms with E-state index in [4.69, 9.17) is 4.74 Å². The molecule has 1 saturated carbocycles. The maximum Gasteiger partial charge on any atom is 0.258 e. The molecule has 0 radical (unpaired) electrons. The van der Waals surface area contributed by atoms with Crippen molar-refractivity contribution in [3.8, 4) is 5.75 Å². The smallest absolute Gasteiger partial charge is 0.258 e. The number of nitrogens with zero attached hydrogens (tertiary/aromatic N) is 4. The quantitative estimate of drug-likeness (QED) is 0.880. The maximum absolute atomic E-state index is 11.9. The summed E-state index contributed by atoms with van der Waals surface area (Å²) in [5, 5.41) is 14.7. The summed E-state index contributed by atoms with van der Waals surface area (Å²) in [5.41, 5.74) is 0. The van der Waals surface area contributed by atoms with Crippen molar-refractivity contribution in [2.75, 3.05) is 6.61 Å². The van der Waals surface area contributed by atoms with Gasteiger partial charge in [-0.1, -0.05) is 37.5 Å². The Kier molecular flexibility index (Phi) is 5.18. The lowest BCUT2D eigenvalue weighted by Crippen LogP contribution is -2.30. The van der Waals surface area contributed by atoms with E-state index in [1.165, 1.54) is 19.3 Å². The van der Waals surface area contributed by atoms with Crippen molar-refractivity contribution >= 4 is 5.91 Å². The summed E-state index contributed by atoms with van der Waals surface area (Å²) in [6, 6.07) is 9.62. The lowest BCUT2D eigenvalue weighted by molar-refractivity contribution is -0.123. The van der Waals surface area contributed by atoms with Crippen molar-refractivity contribution in [2.45, 2.75) is 44.7 Å². The van der Waals surface area contributed by atoms with Gasteiger partial charge in [0.2, 0.25) is 0 Å². The average Bonchev–Trinajstić information content (AvgIpc) is 3.08. The Bertz CT molecular complexity index is 622. The maximum atomic E-state index is 11.9. The van der Waals surface area contributed by atoms with Crippen LogP contribution in [-0.4, -0.2) is 32.7 Å². The standard InChI is InChI=1S/C16H21N5O2/c22-16(12-23-14-9-5-2-6-10-14)17-11-15-18-19-20-21(15)13-7-3-1-4-8-13/h2,5-6,9-10,13H,1,3-4,7-8,11-12H2,(H,17,22). The zero-order valence-electron chi connectivity index (χ0n) is 13.0. The van der Waals surface area contributed by atoms with Crippen LogP contribution in [0.4, 0.5) is 0 Å². The van der Waals surface area contributed by atoms with Crippen molar-refractivity contribution in [3.05, 3.63) is 36.2 Å². The highest BCUT2D eigenvalue weighted by Crippen LogP contribution is 2.27. The third-order valence-electron chi connectivity index (χ3n) is 4.04. The van der Waals surface area contributed by atoms with Crippen LogP contribution in [0.1, 0.15) is 44.0 Å². The van der Waals surface area contributed by atoms with Gasteiger partial charge in [-0.2, -0.15) is 0 Å². The molecule has 1 heterocycles. The van der Waals surface area contributed by atoms with Crippen LogP contribution in [0.5, 0.6) is 5.75 Å². The highest BCUT2D eigenvalue weighted by atomic mass is 16.5. The van der Waals surface area contributed by atoms with Gasteiger partial charge in [0.15, 0.2) is 12.4 Å². The number of benzene rings is 1. The van der Waals surface area contributed by atoms with Gasteiger partial charge in [-0.05, 0) is 35.4 Å². The van der Waals surface area contributed by atoms with E-state index in [2.05, 4.69) is 20.8 Å². The van der Waals surface area contributed by atoms with E-state index >= 15 is 0 Å². The van der Waals surface area contributed by atoms with Gasteiger partial charge in [0.25, 0.3) is 5.91 Å². The molecule has 7 heteroatoms. The molecule has 7 nitrogen and oxygen atoms in total. The van der Waals surface area contributed by atoms with Gasteiger partial charge in [0, 0.05) is 0 Å². The van der Waals surface area contributed by atoms with Gasteiger partial charge in [0.1, 0.15) is 5.75 Å². The second-order valence-corrected chi connectivity index (χ2v) is 5.71. The second kappa shape index (κ2) is 7.71. The first-order valence-electron chi connectivity index (χ1n) is 8.04. The summed E-state index contributed by atoms with van der Waals surface area (Å²) >= 11 is 0. The first-order chi connectivity index (χ1) is 11.3. The van der Waals surface area contributed by atoms with Crippen LogP contribution < -0.4 is 10.1 Å². The highest BCUT2D eigenvalue weighted by molar-refractivity contribution is 5.77. The predicted molar refractivity (Wildman–Crippen MR) is 83.7 cm³/mol. The van der Waals surface area contributed by atoms with Crippen molar-refractivity contribution in [3.63, 3.8) is 0 Å². The molecule has 0 aliphatic heterocycles. The monoisotopic (exact) mass is 315 g/mol. The van der Waals surface area contributed by atoms with Crippen LogP contribution in [0.15, 0.2) is 30.3 Å². The van der Waals surface area contributed by atoms with Crippen molar-refractivity contribution in [1.29, 1.82) is 0 Å². The molecular formula is C16H21N5O2. The molecule has 3 rings (SSSR count). The van der Waals surface area contributed by atoms with E-state index in [0.29, 0.717) is 24.2 Å². The number of rotatable bonds is 6. The summed E-state index contributed by atoms with van der Waals surface area (Å²) in [5.74, 6) is 1.19. The van der Waals surface area contributed by atoms with Crippen LogP contribution in [0.3, 0.4) is 0 Å². The number of amides is 1. The molecule has 1 aromatic carbocycles. The number of hydrogen-bond acceptors (Lipinski definition) is 5. The number of para-hydroxylation sites is 1. The molecule has 122 valence electrons. The van der Waals surface area contributed by atoms with Crippen LogP contribution in [0.2, 0.25) is 0 Å². The Hall–Kier alpha value is -2.44. The average molecular weight is 315 g/mol. The van der Waals surface area contributed by atoms with Crippen LogP contribution in [0, 0.1) is 0 Å². The fraction of sp³-hybridized carbons (Fsp3) is 0.500. The second-order valence-electron chi connectivity index (χ2n) is 5.71. The van der Waals surface area contributed by atoms with Crippen molar-refractivity contribution in [1.82, 2.24) is 25.5 Å². The number of aromatic nitrogens is 4. The van der Waals surface area contributed by atoms with E-state index < -0.39 is 0 Å². The molecule has 1 aromatic heterocycles. The Morgan fingerprint density at radius 3 is 2.78 bits per heavy atom. The van der Waals surface area contributed by atoms with Crippen molar-refractivity contribution in [2.24, 2.45) is 0 Å². The molecule has 0 spiro atoms. The van der Waals surface area contributed by atoms with E-state index in [1.54, 1.807) is 0 Å². The first-order valence-corrected chi connectivity index (χ1v) is 8.04. The van der Waals surface area contributed by atoms with Gasteiger partial charge in [-0.3, -0.25) is 4.79 Å². The molecule has 0 bridgehead atoms. The van der Waals surface area contributed by atoms with Gasteiger partial charge in [-0.15, -0.1) is 5.10 Å². The molecule has 1 aliphatic rings. The fourth-order valence-electron chi connectivity index (χ4n) is 2.83. The zero-order chi connectivity index (χ0) is 15.9. The number of tetrazole rings is 1.